The first-order valence-corrected chi connectivity index (χ1v) is 8.46. The third kappa shape index (κ3) is 4.87. The Hall–Kier alpha value is -1.74. The average Bonchev–Trinajstić information content (AvgIpc) is 3.04. The number of anilines is 1. The minimum Gasteiger partial charge on any atom is -0.404 e. The van der Waals surface area contributed by atoms with Gasteiger partial charge in [-0.15, -0.1) is 0 Å². The average molecular weight is 336 g/mol. The fraction of sp³-hybridized carbons (Fsp3) is 0.400. The van der Waals surface area contributed by atoms with E-state index in [9.17, 15) is 0 Å². The van der Waals surface area contributed by atoms with Gasteiger partial charge in [-0.25, -0.2) is 0 Å². The van der Waals surface area contributed by atoms with Gasteiger partial charge in [0.15, 0.2) is 0 Å². The fourth-order valence-electron chi connectivity index (χ4n) is 2.25. The van der Waals surface area contributed by atoms with Crippen molar-refractivity contribution in [1.82, 2.24) is 10.2 Å². The number of rotatable bonds is 10. The summed E-state index contributed by atoms with van der Waals surface area (Å²) in [6.45, 7) is 2.80. The lowest BCUT2D eigenvalue weighted by molar-refractivity contribution is 0.140. The molecule has 2 rings (SSSR count). The van der Waals surface area contributed by atoms with Crippen LogP contribution < -0.4 is 21.9 Å². The maximum absolute atomic E-state index is 5.66. The van der Waals surface area contributed by atoms with Gasteiger partial charge in [-0.3, -0.25) is 10.2 Å². The second kappa shape index (κ2) is 9.41. The van der Waals surface area contributed by atoms with E-state index < -0.39 is 0 Å². The molecule has 8 N–H and O–H groups in total. The van der Waals surface area contributed by atoms with E-state index >= 15 is 0 Å². The van der Waals surface area contributed by atoms with Crippen LogP contribution in [0.1, 0.15) is 18.4 Å². The molecule has 23 heavy (non-hydrogen) atoms. The molecule has 0 atom stereocenters. The van der Waals surface area contributed by atoms with Crippen molar-refractivity contribution in [1.29, 1.82) is 0 Å². The number of benzene rings is 1. The summed E-state index contributed by atoms with van der Waals surface area (Å²) in [4.78, 5) is 0.808. The topological polar surface area (TPSA) is 128 Å². The minimum atomic E-state index is 0.638. The summed E-state index contributed by atoms with van der Waals surface area (Å²) in [5.74, 6) is 0. The number of fused-ring (bicyclic) bond motifs is 1. The molecule has 0 spiro atoms. The van der Waals surface area contributed by atoms with Crippen LogP contribution in [0, 0.1) is 0 Å². The van der Waals surface area contributed by atoms with Crippen LogP contribution in [0.5, 0.6) is 0 Å². The molecule has 1 heterocycles. The zero-order valence-corrected chi connectivity index (χ0v) is 13.9. The van der Waals surface area contributed by atoms with Gasteiger partial charge in [0, 0.05) is 35.3 Å². The number of nitrogens with zero attached hydrogens (tertiary/aromatic N) is 1. The molecule has 0 radical (unpaired) electrons. The number of aromatic amines is 1. The monoisotopic (exact) mass is 336 g/mol. The molecular weight excluding hydrogens is 312 g/mol. The summed E-state index contributed by atoms with van der Waals surface area (Å²) >= 11 is 1.12. The second-order valence-electron chi connectivity index (χ2n) is 5.04. The van der Waals surface area contributed by atoms with Crippen molar-refractivity contribution in [3.8, 4) is 0 Å². The Balaban J connectivity index is 2.00. The molecule has 2 aromatic rings. The van der Waals surface area contributed by atoms with Crippen molar-refractivity contribution in [3.63, 3.8) is 0 Å². The smallest absolute Gasteiger partial charge is 0.0677 e. The van der Waals surface area contributed by atoms with Gasteiger partial charge >= 0.3 is 0 Å². The van der Waals surface area contributed by atoms with Gasteiger partial charge in [-0.2, -0.15) is 5.10 Å². The first-order chi connectivity index (χ1) is 11.3. The lowest BCUT2D eigenvalue weighted by Crippen LogP contribution is -2.11. The van der Waals surface area contributed by atoms with Gasteiger partial charge in [0.1, 0.15) is 0 Å². The Bertz CT molecular complexity index is 642. The number of H-pyrrole nitrogens is 1. The highest BCUT2D eigenvalue weighted by atomic mass is 32.2. The van der Waals surface area contributed by atoms with Gasteiger partial charge in [0.25, 0.3) is 0 Å². The normalized spacial score (nSPS) is 12.0. The number of unbranched alkanes of at least 4 members (excludes halogenated alkanes) is 1. The third-order valence-corrected chi connectivity index (χ3v) is 4.05. The molecule has 0 fully saturated rings. The van der Waals surface area contributed by atoms with E-state index in [1.165, 1.54) is 6.20 Å². The Morgan fingerprint density at radius 1 is 1.35 bits per heavy atom. The first kappa shape index (κ1) is 17.6. The van der Waals surface area contributed by atoms with Gasteiger partial charge in [-0.1, -0.05) is 0 Å². The highest BCUT2D eigenvalue weighted by Crippen LogP contribution is 2.30. The SMILES string of the molecule is N/C=C(\SN)c1cc(NCCOCCCCN)c2cn[nH]c2c1. The van der Waals surface area contributed by atoms with Crippen LogP contribution in [0.2, 0.25) is 0 Å². The van der Waals surface area contributed by atoms with Crippen molar-refractivity contribution in [2.45, 2.75) is 12.8 Å². The van der Waals surface area contributed by atoms with Gasteiger partial charge in [0.05, 0.1) is 18.3 Å². The summed E-state index contributed by atoms with van der Waals surface area (Å²) in [6, 6.07) is 4.00. The zero-order chi connectivity index (χ0) is 16.5. The van der Waals surface area contributed by atoms with Gasteiger partial charge < -0.3 is 21.5 Å². The molecule has 0 saturated heterocycles. The number of hydrogen-bond donors (Lipinski definition) is 5. The maximum Gasteiger partial charge on any atom is 0.0677 e. The molecule has 1 aromatic carbocycles. The summed E-state index contributed by atoms with van der Waals surface area (Å²) < 4.78 is 5.57. The molecule has 0 aliphatic carbocycles. The van der Waals surface area contributed by atoms with Crippen LogP contribution in [-0.2, 0) is 4.74 Å². The quantitative estimate of drug-likeness (QED) is 0.329. The number of aromatic nitrogens is 2. The maximum atomic E-state index is 5.66. The minimum absolute atomic E-state index is 0.638. The Morgan fingerprint density at radius 3 is 2.96 bits per heavy atom. The zero-order valence-electron chi connectivity index (χ0n) is 13.0. The highest BCUT2D eigenvalue weighted by molar-refractivity contribution is 8.06. The molecule has 0 unspecified atom stereocenters. The summed E-state index contributed by atoms with van der Waals surface area (Å²) in [5, 5.41) is 17.1. The molecule has 0 aliphatic heterocycles. The van der Waals surface area contributed by atoms with E-state index in [4.69, 9.17) is 21.3 Å². The predicted octanol–water partition coefficient (Wildman–Crippen LogP) is 1.59. The lowest BCUT2D eigenvalue weighted by atomic mass is 10.1. The molecule has 8 heteroatoms. The number of ether oxygens (including phenoxy) is 1. The summed E-state index contributed by atoms with van der Waals surface area (Å²) in [7, 11) is 0. The third-order valence-electron chi connectivity index (χ3n) is 3.43. The largest absolute Gasteiger partial charge is 0.404 e. The van der Waals surface area contributed by atoms with E-state index in [0.717, 1.165) is 58.5 Å². The summed E-state index contributed by atoms with van der Waals surface area (Å²) in [5.41, 5.74) is 13.9. The Morgan fingerprint density at radius 2 is 2.22 bits per heavy atom. The fourth-order valence-corrected chi connectivity index (χ4v) is 2.58. The highest BCUT2D eigenvalue weighted by Gasteiger charge is 2.09. The summed E-state index contributed by atoms with van der Waals surface area (Å²) in [6.07, 6.45) is 5.30. The van der Waals surface area contributed by atoms with E-state index in [1.54, 1.807) is 6.20 Å². The van der Waals surface area contributed by atoms with E-state index in [2.05, 4.69) is 15.5 Å². The van der Waals surface area contributed by atoms with Crippen molar-refractivity contribution in [2.24, 2.45) is 16.6 Å². The van der Waals surface area contributed by atoms with Crippen LogP contribution in [0.3, 0.4) is 0 Å². The van der Waals surface area contributed by atoms with Crippen LogP contribution >= 0.6 is 11.9 Å². The molecule has 0 aliphatic rings. The lowest BCUT2D eigenvalue weighted by Gasteiger charge is -2.11. The standard InChI is InChI=1S/C15H24N6OS/c16-3-1-2-5-22-6-4-19-13-7-11(15(9-17)23-18)8-14-12(13)10-20-21-14/h7-10,19H,1-6,16-18H2,(H,20,21)/b15-9-. The van der Waals surface area contributed by atoms with Crippen LogP contribution in [-0.4, -0.2) is 36.5 Å². The molecule has 0 amide bonds. The Labute approximate surface area is 140 Å². The van der Waals surface area contributed by atoms with Crippen molar-refractivity contribution >= 4 is 33.4 Å². The van der Waals surface area contributed by atoms with Crippen molar-refractivity contribution < 1.29 is 4.74 Å². The molecular formula is C15H24N6OS. The number of nitrogens with one attached hydrogen (secondary N) is 2. The first-order valence-electron chi connectivity index (χ1n) is 7.58. The van der Waals surface area contributed by atoms with E-state index in [1.807, 2.05) is 12.1 Å². The molecule has 0 saturated carbocycles. The second-order valence-corrected chi connectivity index (χ2v) is 5.71. The van der Waals surface area contributed by atoms with E-state index in [0.29, 0.717) is 19.7 Å². The molecule has 0 bridgehead atoms. The molecule has 1 aromatic heterocycles. The van der Waals surface area contributed by atoms with Crippen molar-refractivity contribution in [2.75, 3.05) is 31.6 Å². The molecule has 126 valence electrons. The Kier molecular flexibility index (Phi) is 7.21. The van der Waals surface area contributed by atoms with E-state index in [-0.39, 0.29) is 0 Å². The van der Waals surface area contributed by atoms with Crippen LogP contribution in [0.4, 0.5) is 5.69 Å². The van der Waals surface area contributed by atoms with Gasteiger partial charge in [0.2, 0.25) is 0 Å². The van der Waals surface area contributed by atoms with Gasteiger partial charge in [-0.05, 0) is 49.0 Å². The molecule has 7 nitrogen and oxygen atoms in total. The predicted molar refractivity (Wildman–Crippen MR) is 97.6 cm³/mol. The number of nitrogens with two attached hydrogens (primary N) is 3. The van der Waals surface area contributed by atoms with Crippen molar-refractivity contribution in [3.05, 3.63) is 30.1 Å². The number of hydrogen-bond acceptors (Lipinski definition) is 7. The van der Waals surface area contributed by atoms with Crippen LogP contribution in [0.15, 0.2) is 24.5 Å². The van der Waals surface area contributed by atoms with Crippen LogP contribution in [0.25, 0.3) is 15.8 Å².